The second-order valence-corrected chi connectivity index (χ2v) is 6.96. The number of anilines is 2. The average molecular weight is 489 g/mol. The van der Waals surface area contributed by atoms with E-state index in [1.165, 1.54) is 24.3 Å². The zero-order valence-corrected chi connectivity index (χ0v) is 17.3. The number of nitrogen functional groups attached to an aromatic ring is 2. The van der Waals surface area contributed by atoms with Crippen molar-refractivity contribution in [1.29, 1.82) is 0 Å². The van der Waals surface area contributed by atoms with E-state index < -0.39 is 30.2 Å². The van der Waals surface area contributed by atoms with E-state index in [0.717, 1.165) is 19.3 Å². The molecule has 0 bridgehead atoms. The first kappa shape index (κ1) is 24.6. The van der Waals surface area contributed by atoms with Crippen LogP contribution in [-0.2, 0) is 12.7 Å². The van der Waals surface area contributed by atoms with Crippen molar-refractivity contribution in [1.82, 2.24) is 25.1 Å². The van der Waals surface area contributed by atoms with Gasteiger partial charge in [0.25, 0.3) is 11.7 Å². The van der Waals surface area contributed by atoms with Crippen molar-refractivity contribution in [3.63, 3.8) is 0 Å². The van der Waals surface area contributed by atoms with Crippen LogP contribution in [0, 0.1) is 0 Å². The predicted octanol–water partition coefficient (Wildman–Crippen LogP) is 3.11. The third-order valence-corrected chi connectivity index (χ3v) is 4.45. The summed E-state index contributed by atoms with van der Waals surface area (Å²) < 4.78 is 81.5. The van der Waals surface area contributed by atoms with Crippen LogP contribution in [0.1, 0.15) is 28.7 Å². The monoisotopic (exact) mass is 489 g/mol. The van der Waals surface area contributed by atoms with Gasteiger partial charge in [-0.25, -0.2) is 14.6 Å². The van der Waals surface area contributed by atoms with E-state index in [9.17, 15) is 31.1 Å². The summed E-state index contributed by atoms with van der Waals surface area (Å²) in [6.45, 7) is 0.825. The van der Waals surface area contributed by atoms with E-state index in [1.807, 2.05) is 0 Å². The first-order chi connectivity index (χ1) is 15.8. The standard InChI is InChI=1S/C19H17F6N7O2/c1-9(18(20,21)22)34-11-4-2-10(3-5-11)7-28-16(33)12-6-13(15(27)30-14(12)26)32-8-29-17(31-32)19(23,24)25/h2-6,8-9H,7H2,1H3,(H,28,33)(H4,26,27,30)/t9-/m1/s1. The summed E-state index contributed by atoms with van der Waals surface area (Å²) in [5.41, 5.74) is 11.6. The number of nitrogens with zero attached hydrogens (tertiary/aromatic N) is 4. The Morgan fingerprint density at radius 3 is 2.32 bits per heavy atom. The lowest BCUT2D eigenvalue weighted by Gasteiger charge is -2.17. The predicted molar refractivity (Wildman–Crippen MR) is 107 cm³/mol. The van der Waals surface area contributed by atoms with Crippen molar-refractivity contribution in [2.45, 2.75) is 31.9 Å². The van der Waals surface area contributed by atoms with Crippen LogP contribution in [-0.4, -0.2) is 37.9 Å². The molecule has 2 heterocycles. The fourth-order valence-electron chi connectivity index (χ4n) is 2.64. The maximum Gasteiger partial charge on any atom is 0.453 e. The molecule has 0 fully saturated rings. The van der Waals surface area contributed by atoms with Crippen LogP contribution in [0.4, 0.5) is 38.0 Å². The highest BCUT2D eigenvalue weighted by Gasteiger charge is 2.38. The molecule has 0 radical (unpaired) electrons. The zero-order valence-electron chi connectivity index (χ0n) is 17.3. The van der Waals surface area contributed by atoms with Gasteiger partial charge in [-0.1, -0.05) is 12.1 Å². The summed E-state index contributed by atoms with van der Waals surface area (Å²) in [4.78, 5) is 19.5. The van der Waals surface area contributed by atoms with Crippen molar-refractivity contribution in [2.75, 3.05) is 11.5 Å². The fraction of sp³-hybridized carbons (Fsp3) is 0.263. The molecule has 182 valence electrons. The lowest BCUT2D eigenvalue weighted by molar-refractivity contribution is -0.189. The summed E-state index contributed by atoms with van der Waals surface area (Å²) in [5.74, 6) is -2.71. The van der Waals surface area contributed by atoms with Crippen LogP contribution in [0.5, 0.6) is 5.75 Å². The second-order valence-electron chi connectivity index (χ2n) is 6.96. The van der Waals surface area contributed by atoms with E-state index in [-0.39, 0.29) is 35.2 Å². The van der Waals surface area contributed by atoms with Gasteiger partial charge >= 0.3 is 12.4 Å². The van der Waals surface area contributed by atoms with Crippen LogP contribution in [0.3, 0.4) is 0 Å². The van der Waals surface area contributed by atoms with E-state index in [4.69, 9.17) is 16.2 Å². The highest BCUT2D eigenvalue weighted by molar-refractivity contribution is 5.99. The van der Waals surface area contributed by atoms with Crippen LogP contribution in [0.15, 0.2) is 36.7 Å². The molecule has 0 unspecified atom stereocenters. The SMILES string of the molecule is C[C@@H](Oc1ccc(CNC(=O)c2cc(-n3cnc(C(F)(F)F)n3)c(N)nc2N)cc1)C(F)(F)F. The fourth-order valence-corrected chi connectivity index (χ4v) is 2.64. The molecule has 9 nitrogen and oxygen atoms in total. The highest BCUT2D eigenvalue weighted by Crippen LogP contribution is 2.28. The van der Waals surface area contributed by atoms with Gasteiger partial charge in [-0.2, -0.15) is 26.3 Å². The second kappa shape index (κ2) is 9.07. The molecule has 1 aromatic carbocycles. The number of rotatable bonds is 6. The third-order valence-electron chi connectivity index (χ3n) is 4.45. The summed E-state index contributed by atoms with van der Waals surface area (Å²) in [5, 5.41) is 5.81. The minimum atomic E-state index is -4.78. The molecule has 1 amide bonds. The molecule has 0 saturated carbocycles. The molecule has 5 N–H and O–H groups in total. The number of alkyl halides is 6. The summed E-state index contributed by atoms with van der Waals surface area (Å²) in [6, 6.07) is 6.62. The van der Waals surface area contributed by atoms with Gasteiger partial charge in [-0.3, -0.25) is 4.79 Å². The van der Waals surface area contributed by atoms with Gasteiger partial charge in [-0.05, 0) is 30.7 Å². The number of nitrogens with two attached hydrogens (primary N) is 2. The van der Waals surface area contributed by atoms with Gasteiger partial charge in [0.2, 0.25) is 0 Å². The lowest BCUT2D eigenvalue weighted by atomic mass is 10.2. The zero-order chi connectivity index (χ0) is 25.3. The number of aromatic nitrogens is 4. The Labute approximate surface area is 187 Å². The maximum atomic E-state index is 12.8. The van der Waals surface area contributed by atoms with Gasteiger partial charge in [0.1, 0.15) is 23.6 Å². The normalized spacial score (nSPS) is 12.9. The van der Waals surface area contributed by atoms with Gasteiger partial charge in [-0.15, -0.1) is 5.10 Å². The molecule has 0 spiro atoms. The van der Waals surface area contributed by atoms with Crippen molar-refractivity contribution in [3.05, 3.63) is 53.6 Å². The molecular weight excluding hydrogens is 472 g/mol. The van der Waals surface area contributed by atoms with E-state index in [1.54, 1.807) is 0 Å². The van der Waals surface area contributed by atoms with Gasteiger partial charge < -0.3 is 21.5 Å². The number of carbonyl (C=O) groups excluding carboxylic acids is 1. The lowest BCUT2D eigenvalue weighted by Crippen LogP contribution is -2.31. The van der Waals surface area contributed by atoms with Crippen molar-refractivity contribution >= 4 is 17.5 Å². The number of pyridine rings is 1. The summed E-state index contributed by atoms with van der Waals surface area (Å²) in [6.07, 6.45) is -10.5. The third kappa shape index (κ3) is 5.65. The number of carbonyl (C=O) groups is 1. The van der Waals surface area contributed by atoms with Crippen LogP contribution < -0.4 is 21.5 Å². The average Bonchev–Trinajstić information content (AvgIpc) is 3.23. The van der Waals surface area contributed by atoms with E-state index >= 15 is 0 Å². The molecular formula is C19H17F6N7O2. The summed E-state index contributed by atoms with van der Waals surface area (Å²) >= 11 is 0. The molecule has 34 heavy (non-hydrogen) atoms. The molecule has 3 aromatic rings. The number of benzene rings is 1. The molecule has 0 saturated heterocycles. The smallest absolute Gasteiger partial charge is 0.453 e. The molecule has 1 atom stereocenters. The molecule has 15 heteroatoms. The van der Waals surface area contributed by atoms with Crippen molar-refractivity contribution in [2.24, 2.45) is 0 Å². The highest BCUT2D eigenvalue weighted by atomic mass is 19.4. The Balaban J connectivity index is 1.72. The number of nitrogens with one attached hydrogen (secondary N) is 1. The minimum absolute atomic E-state index is 0.0115. The quantitative estimate of drug-likeness (QED) is 0.453. The van der Waals surface area contributed by atoms with Gasteiger partial charge in [0, 0.05) is 6.54 Å². The molecule has 2 aromatic heterocycles. The van der Waals surface area contributed by atoms with E-state index in [2.05, 4.69) is 20.4 Å². The van der Waals surface area contributed by atoms with Crippen LogP contribution in [0.25, 0.3) is 5.69 Å². The largest absolute Gasteiger partial charge is 0.481 e. The molecule has 3 rings (SSSR count). The molecule has 0 aliphatic rings. The molecule has 0 aliphatic heterocycles. The Morgan fingerprint density at radius 2 is 1.76 bits per heavy atom. The number of amides is 1. The molecule has 0 aliphatic carbocycles. The first-order valence-corrected chi connectivity index (χ1v) is 9.41. The van der Waals surface area contributed by atoms with Crippen LogP contribution >= 0.6 is 0 Å². The number of ether oxygens (including phenoxy) is 1. The Kier molecular flexibility index (Phi) is 6.56. The van der Waals surface area contributed by atoms with Gasteiger partial charge in [0.05, 0.1) is 5.56 Å². The van der Waals surface area contributed by atoms with Crippen molar-refractivity contribution < 1.29 is 35.9 Å². The minimum Gasteiger partial charge on any atom is -0.481 e. The number of hydrogen-bond acceptors (Lipinski definition) is 7. The maximum absolute atomic E-state index is 12.8. The summed E-state index contributed by atoms with van der Waals surface area (Å²) in [7, 11) is 0. The number of hydrogen-bond donors (Lipinski definition) is 3. The van der Waals surface area contributed by atoms with Crippen LogP contribution in [0.2, 0.25) is 0 Å². The topological polar surface area (TPSA) is 134 Å². The van der Waals surface area contributed by atoms with Gasteiger partial charge in [0.15, 0.2) is 11.9 Å². The number of halogens is 6. The first-order valence-electron chi connectivity index (χ1n) is 9.41. The Hall–Kier alpha value is -4.04. The Morgan fingerprint density at radius 1 is 1.12 bits per heavy atom. The van der Waals surface area contributed by atoms with E-state index in [0.29, 0.717) is 10.2 Å². The Bertz CT molecular complexity index is 1180. The van der Waals surface area contributed by atoms with Crippen molar-refractivity contribution in [3.8, 4) is 11.4 Å².